The van der Waals surface area contributed by atoms with Crippen molar-refractivity contribution in [2.75, 3.05) is 7.05 Å². The van der Waals surface area contributed by atoms with Crippen LogP contribution in [-0.2, 0) is 0 Å². The van der Waals surface area contributed by atoms with E-state index >= 15 is 0 Å². The second kappa shape index (κ2) is 4.87. The summed E-state index contributed by atoms with van der Waals surface area (Å²) in [4.78, 5) is 6.47. The molecule has 0 saturated heterocycles. The minimum atomic E-state index is 0.0179. The fraction of sp³-hybridized carbons (Fsp3) is 0.214. The Bertz CT molecular complexity index is 460. The third-order valence-corrected chi connectivity index (χ3v) is 2.67. The molecule has 0 aliphatic carbocycles. The van der Waals surface area contributed by atoms with E-state index in [0.717, 1.165) is 11.4 Å². The van der Waals surface area contributed by atoms with Crippen molar-refractivity contribution in [1.82, 2.24) is 15.2 Å². The molecular weight excluding hydrogens is 210 g/mol. The molecule has 1 atom stereocenters. The van der Waals surface area contributed by atoms with Crippen molar-refractivity contribution in [1.29, 1.82) is 0 Å². The molecular formula is C14H17N3. The molecule has 2 rings (SSSR count). The summed E-state index contributed by atoms with van der Waals surface area (Å²) in [6.07, 6.45) is 7.97. The first-order valence-corrected chi connectivity index (χ1v) is 5.61. The number of hydrogen-bond acceptors (Lipinski definition) is 3. The number of allylic oxidation sites excluding steroid dienone is 3. The van der Waals surface area contributed by atoms with Crippen LogP contribution in [0, 0.1) is 0 Å². The highest BCUT2D eigenvalue weighted by molar-refractivity contribution is 5.28. The zero-order valence-corrected chi connectivity index (χ0v) is 10.2. The van der Waals surface area contributed by atoms with Gasteiger partial charge in [0.15, 0.2) is 0 Å². The van der Waals surface area contributed by atoms with Crippen molar-refractivity contribution in [2.45, 2.75) is 13.1 Å². The minimum Gasteiger partial charge on any atom is -0.361 e. The van der Waals surface area contributed by atoms with Crippen LogP contribution >= 0.6 is 0 Å². The van der Waals surface area contributed by atoms with Gasteiger partial charge in [-0.3, -0.25) is 4.98 Å². The van der Waals surface area contributed by atoms with Gasteiger partial charge in [0.05, 0.1) is 5.69 Å². The van der Waals surface area contributed by atoms with Gasteiger partial charge in [-0.15, -0.1) is 0 Å². The number of aromatic nitrogens is 1. The summed E-state index contributed by atoms with van der Waals surface area (Å²) in [6.45, 7) is 6.05. The highest BCUT2D eigenvalue weighted by Gasteiger charge is 2.16. The molecule has 88 valence electrons. The van der Waals surface area contributed by atoms with Gasteiger partial charge in [0.1, 0.15) is 6.17 Å². The summed E-state index contributed by atoms with van der Waals surface area (Å²) >= 11 is 0. The lowest BCUT2D eigenvalue weighted by molar-refractivity contribution is 0.295. The van der Waals surface area contributed by atoms with E-state index in [2.05, 4.69) is 34.8 Å². The van der Waals surface area contributed by atoms with E-state index in [1.165, 1.54) is 5.57 Å². The molecule has 2 heterocycles. The van der Waals surface area contributed by atoms with Crippen LogP contribution in [-0.4, -0.2) is 16.9 Å². The second-order valence-corrected chi connectivity index (χ2v) is 4.20. The summed E-state index contributed by atoms with van der Waals surface area (Å²) in [7, 11) is 2.02. The molecule has 17 heavy (non-hydrogen) atoms. The van der Waals surface area contributed by atoms with Crippen molar-refractivity contribution in [3.05, 3.63) is 66.3 Å². The first kappa shape index (κ1) is 11.5. The highest BCUT2D eigenvalue weighted by atomic mass is 15.3. The van der Waals surface area contributed by atoms with Gasteiger partial charge in [-0.1, -0.05) is 12.6 Å². The maximum absolute atomic E-state index is 4.38. The lowest BCUT2D eigenvalue weighted by Crippen LogP contribution is -2.33. The summed E-state index contributed by atoms with van der Waals surface area (Å²) in [5.41, 5.74) is 3.05. The largest absolute Gasteiger partial charge is 0.361 e. The van der Waals surface area contributed by atoms with Crippen LogP contribution in [0.5, 0.6) is 0 Å². The fourth-order valence-corrected chi connectivity index (χ4v) is 1.78. The third-order valence-electron chi connectivity index (χ3n) is 2.67. The topological polar surface area (TPSA) is 28.2 Å². The molecule has 1 aromatic heterocycles. The second-order valence-electron chi connectivity index (χ2n) is 4.20. The smallest absolute Gasteiger partial charge is 0.142 e. The van der Waals surface area contributed by atoms with Crippen molar-refractivity contribution in [3.8, 4) is 0 Å². The quantitative estimate of drug-likeness (QED) is 0.799. The zero-order valence-electron chi connectivity index (χ0n) is 10.2. The first-order chi connectivity index (χ1) is 8.16. The number of pyridine rings is 1. The fourth-order valence-electron chi connectivity index (χ4n) is 1.78. The molecule has 1 aliphatic heterocycles. The van der Waals surface area contributed by atoms with Gasteiger partial charge >= 0.3 is 0 Å². The Balaban J connectivity index is 2.30. The molecule has 0 amide bonds. The standard InChI is InChI=1S/C14H17N3/c1-11-7-9-17(3)14(16-12(2)10-11)13-6-4-5-8-15-13/h4-10,14,16H,2H2,1,3H3/b9-7-,11-10-. The Morgan fingerprint density at radius 2 is 2.24 bits per heavy atom. The van der Waals surface area contributed by atoms with Gasteiger partial charge in [-0.25, -0.2) is 0 Å². The number of nitrogens with zero attached hydrogens (tertiary/aromatic N) is 2. The van der Waals surface area contributed by atoms with Crippen molar-refractivity contribution in [3.63, 3.8) is 0 Å². The van der Waals surface area contributed by atoms with Crippen LogP contribution in [0.25, 0.3) is 0 Å². The summed E-state index contributed by atoms with van der Waals surface area (Å²) in [5, 5.41) is 3.36. The summed E-state index contributed by atoms with van der Waals surface area (Å²) in [6, 6.07) is 5.92. The van der Waals surface area contributed by atoms with Gasteiger partial charge in [0.2, 0.25) is 0 Å². The van der Waals surface area contributed by atoms with Crippen molar-refractivity contribution < 1.29 is 0 Å². The number of rotatable bonds is 1. The van der Waals surface area contributed by atoms with Crippen molar-refractivity contribution >= 4 is 0 Å². The number of nitrogens with one attached hydrogen (secondary N) is 1. The minimum absolute atomic E-state index is 0.0179. The summed E-state index contributed by atoms with van der Waals surface area (Å²) < 4.78 is 0. The van der Waals surface area contributed by atoms with Gasteiger partial charge in [0, 0.05) is 25.1 Å². The van der Waals surface area contributed by atoms with Crippen LogP contribution in [0.2, 0.25) is 0 Å². The lowest BCUT2D eigenvalue weighted by atomic mass is 10.2. The normalized spacial score (nSPS) is 25.3. The maximum atomic E-state index is 4.38. The van der Waals surface area contributed by atoms with Crippen LogP contribution < -0.4 is 5.32 Å². The molecule has 3 nitrogen and oxygen atoms in total. The Morgan fingerprint density at radius 3 is 2.94 bits per heavy atom. The Labute approximate surface area is 102 Å². The molecule has 1 N–H and O–H groups in total. The molecule has 1 aliphatic rings. The zero-order chi connectivity index (χ0) is 12.3. The molecule has 0 fully saturated rings. The van der Waals surface area contributed by atoms with Crippen LogP contribution in [0.3, 0.4) is 0 Å². The average molecular weight is 227 g/mol. The van der Waals surface area contributed by atoms with Crippen LogP contribution in [0.15, 0.2) is 60.6 Å². The van der Waals surface area contributed by atoms with E-state index in [1.807, 2.05) is 37.5 Å². The van der Waals surface area contributed by atoms with Crippen molar-refractivity contribution in [2.24, 2.45) is 0 Å². The lowest BCUT2D eigenvalue weighted by Gasteiger charge is -2.29. The van der Waals surface area contributed by atoms with Gasteiger partial charge in [0.25, 0.3) is 0 Å². The Hall–Kier alpha value is -2.03. The van der Waals surface area contributed by atoms with E-state index in [0.29, 0.717) is 0 Å². The summed E-state index contributed by atoms with van der Waals surface area (Å²) in [5.74, 6) is 0. The van der Waals surface area contributed by atoms with Crippen LogP contribution in [0.1, 0.15) is 18.8 Å². The monoisotopic (exact) mass is 227 g/mol. The molecule has 1 aromatic rings. The molecule has 0 bridgehead atoms. The van der Waals surface area contributed by atoms with E-state index < -0.39 is 0 Å². The molecule has 1 unspecified atom stereocenters. The molecule has 0 spiro atoms. The predicted molar refractivity (Wildman–Crippen MR) is 69.9 cm³/mol. The number of hydrogen-bond donors (Lipinski definition) is 1. The predicted octanol–water partition coefficient (Wildman–Crippen LogP) is 2.59. The SMILES string of the molecule is C=C1/C=C(C)\C=C/N(C)C(c2ccccn2)N1. The van der Waals surface area contributed by atoms with Gasteiger partial charge < -0.3 is 10.2 Å². The Morgan fingerprint density at radius 1 is 1.41 bits per heavy atom. The molecule has 0 radical (unpaired) electrons. The molecule has 0 aromatic carbocycles. The van der Waals surface area contributed by atoms with Crippen LogP contribution in [0.4, 0.5) is 0 Å². The maximum Gasteiger partial charge on any atom is 0.142 e. The first-order valence-electron chi connectivity index (χ1n) is 5.61. The van der Waals surface area contributed by atoms with Gasteiger partial charge in [-0.05, 0) is 36.8 Å². The average Bonchev–Trinajstić information content (AvgIpc) is 2.33. The Kier molecular flexibility index (Phi) is 3.28. The molecule has 3 heteroatoms. The van der Waals surface area contributed by atoms with Gasteiger partial charge in [-0.2, -0.15) is 0 Å². The third kappa shape index (κ3) is 2.75. The van der Waals surface area contributed by atoms with E-state index in [9.17, 15) is 0 Å². The molecule has 0 saturated carbocycles. The van der Waals surface area contributed by atoms with E-state index in [4.69, 9.17) is 0 Å². The van der Waals surface area contributed by atoms with E-state index in [1.54, 1.807) is 6.20 Å². The van der Waals surface area contributed by atoms with E-state index in [-0.39, 0.29) is 6.17 Å². The highest BCUT2D eigenvalue weighted by Crippen LogP contribution is 2.18.